The summed E-state index contributed by atoms with van der Waals surface area (Å²) in [6.07, 6.45) is 0. The Kier molecular flexibility index (Phi) is 2.84. The van der Waals surface area contributed by atoms with Gasteiger partial charge in [0.1, 0.15) is 6.61 Å². The van der Waals surface area contributed by atoms with Crippen LogP contribution < -0.4 is 5.32 Å². The lowest BCUT2D eigenvalue weighted by Crippen LogP contribution is -2.39. The molecule has 74 valence electrons. The van der Waals surface area contributed by atoms with Crippen LogP contribution in [-0.4, -0.2) is 19.1 Å². The van der Waals surface area contributed by atoms with Gasteiger partial charge in [-0.1, -0.05) is 28.1 Å². The third-order valence-electron chi connectivity index (χ3n) is 2.13. The molecule has 1 aliphatic heterocycles. The van der Waals surface area contributed by atoms with Crippen molar-refractivity contribution >= 4 is 21.8 Å². The Hall–Kier alpha value is -0.870. The fourth-order valence-corrected chi connectivity index (χ4v) is 1.69. The lowest BCUT2D eigenvalue weighted by atomic mass is 10.1. The molecule has 3 nitrogen and oxygen atoms in total. The Morgan fingerprint density at radius 2 is 2.07 bits per heavy atom. The van der Waals surface area contributed by atoms with E-state index in [1.165, 1.54) is 0 Å². The van der Waals surface area contributed by atoms with Gasteiger partial charge in [-0.3, -0.25) is 4.79 Å². The zero-order chi connectivity index (χ0) is 9.97. The van der Waals surface area contributed by atoms with Gasteiger partial charge in [0, 0.05) is 4.47 Å². The van der Waals surface area contributed by atoms with Gasteiger partial charge in [-0.25, -0.2) is 0 Å². The monoisotopic (exact) mass is 255 g/mol. The summed E-state index contributed by atoms with van der Waals surface area (Å²) in [6, 6.07) is 7.85. The van der Waals surface area contributed by atoms with Crippen molar-refractivity contribution < 1.29 is 9.53 Å². The second kappa shape index (κ2) is 4.11. The Bertz CT molecular complexity index is 336. The van der Waals surface area contributed by atoms with Crippen molar-refractivity contribution in [1.29, 1.82) is 0 Å². The predicted octanol–water partition coefficient (Wildman–Crippen LogP) is 1.64. The molecular formula is C10H10BrNO2. The van der Waals surface area contributed by atoms with Crippen LogP contribution in [0.5, 0.6) is 0 Å². The van der Waals surface area contributed by atoms with Crippen molar-refractivity contribution in [3.8, 4) is 0 Å². The number of carbonyl (C=O) groups is 1. The number of hydrogen-bond acceptors (Lipinski definition) is 2. The van der Waals surface area contributed by atoms with Gasteiger partial charge in [0.2, 0.25) is 5.91 Å². The molecule has 14 heavy (non-hydrogen) atoms. The highest BCUT2D eigenvalue weighted by molar-refractivity contribution is 9.10. The van der Waals surface area contributed by atoms with Crippen molar-refractivity contribution in [2.24, 2.45) is 0 Å². The zero-order valence-electron chi connectivity index (χ0n) is 7.50. The number of rotatable bonds is 1. The summed E-state index contributed by atoms with van der Waals surface area (Å²) in [5.74, 6) is -0.0517. The first kappa shape index (κ1) is 9.68. The number of amides is 1. The molecule has 1 heterocycles. The van der Waals surface area contributed by atoms with Gasteiger partial charge in [0.15, 0.2) is 0 Å². The molecule has 1 saturated heterocycles. The quantitative estimate of drug-likeness (QED) is 0.829. The van der Waals surface area contributed by atoms with Gasteiger partial charge in [0.25, 0.3) is 0 Å². The Morgan fingerprint density at radius 3 is 2.71 bits per heavy atom. The van der Waals surface area contributed by atoms with Crippen molar-refractivity contribution in [3.63, 3.8) is 0 Å². The van der Waals surface area contributed by atoms with Crippen molar-refractivity contribution in [3.05, 3.63) is 34.3 Å². The van der Waals surface area contributed by atoms with E-state index in [0.29, 0.717) is 6.61 Å². The van der Waals surface area contributed by atoms with E-state index in [4.69, 9.17) is 4.74 Å². The molecule has 1 atom stereocenters. The van der Waals surface area contributed by atoms with Crippen molar-refractivity contribution in [1.82, 2.24) is 5.32 Å². The van der Waals surface area contributed by atoms with Crippen LogP contribution in [0, 0.1) is 0 Å². The molecule has 1 N–H and O–H groups in total. The second-order valence-corrected chi connectivity index (χ2v) is 4.10. The minimum Gasteiger partial charge on any atom is -0.369 e. The lowest BCUT2D eigenvalue weighted by molar-refractivity contribution is -0.131. The molecule has 1 fully saturated rings. The summed E-state index contributed by atoms with van der Waals surface area (Å²) in [7, 11) is 0. The fourth-order valence-electron chi connectivity index (χ4n) is 1.42. The number of carbonyl (C=O) groups excluding carboxylic acids is 1. The summed E-state index contributed by atoms with van der Waals surface area (Å²) < 4.78 is 6.19. The highest BCUT2D eigenvalue weighted by Gasteiger charge is 2.19. The molecule has 1 amide bonds. The summed E-state index contributed by atoms with van der Waals surface area (Å²) >= 11 is 3.36. The minimum absolute atomic E-state index is 0.00986. The third-order valence-corrected chi connectivity index (χ3v) is 2.65. The average Bonchev–Trinajstić information content (AvgIpc) is 2.19. The molecule has 0 aliphatic carbocycles. The van der Waals surface area contributed by atoms with Crippen LogP contribution in [0.25, 0.3) is 0 Å². The molecule has 2 rings (SSSR count). The summed E-state index contributed by atoms with van der Waals surface area (Å²) in [5, 5.41) is 2.87. The molecule has 4 heteroatoms. The smallest absolute Gasteiger partial charge is 0.246 e. The zero-order valence-corrected chi connectivity index (χ0v) is 9.08. The van der Waals surface area contributed by atoms with E-state index in [-0.39, 0.29) is 18.6 Å². The van der Waals surface area contributed by atoms with Crippen LogP contribution in [0.4, 0.5) is 0 Å². The molecule has 1 aliphatic rings. The van der Waals surface area contributed by atoms with Gasteiger partial charge < -0.3 is 10.1 Å². The largest absolute Gasteiger partial charge is 0.369 e. The molecule has 0 unspecified atom stereocenters. The maximum Gasteiger partial charge on any atom is 0.246 e. The predicted molar refractivity (Wildman–Crippen MR) is 55.8 cm³/mol. The number of halogens is 1. The molecule has 0 bridgehead atoms. The summed E-state index contributed by atoms with van der Waals surface area (Å²) in [5.41, 5.74) is 1.07. The normalized spacial score (nSPS) is 21.8. The van der Waals surface area contributed by atoms with E-state index in [0.717, 1.165) is 10.0 Å². The Labute approximate surface area is 90.6 Å². The van der Waals surface area contributed by atoms with Crippen LogP contribution in [-0.2, 0) is 9.53 Å². The van der Waals surface area contributed by atoms with Crippen molar-refractivity contribution in [2.45, 2.75) is 6.04 Å². The van der Waals surface area contributed by atoms with Gasteiger partial charge in [-0.15, -0.1) is 0 Å². The van der Waals surface area contributed by atoms with Gasteiger partial charge >= 0.3 is 0 Å². The number of nitrogens with one attached hydrogen (secondary N) is 1. The maximum absolute atomic E-state index is 11.1. The number of ether oxygens (including phenoxy) is 1. The standard InChI is InChI=1S/C10H10BrNO2/c11-8-3-1-7(2-4-8)9-5-14-6-10(13)12-9/h1-4,9H,5-6H2,(H,12,13)/t9-/m1/s1. The summed E-state index contributed by atoms with van der Waals surface area (Å²) in [6.45, 7) is 0.723. The third kappa shape index (κ3) is 2.13. The van der Waals surface area contributed by atoms with Gasteiger partial charge in [-0.05, 0) is 17.7 Å². The first-order valence-electron chi connectivity index (χ1n) is 4.38. The molecule has 0 aromatic heterocycles. The molecule has 0 spiro atoms. The van der Waals surface area contributed by atoms with Gasteiger partial charge in [0.05, 0.1) is 12.6 Å². The van der Waals surface area contributed by atoms with E-state index in [1.54, 1.807) is 0 Å². The number of hydrogen-bond donors (Lipinski definition) is 1. The van der Waals surface area contributed by atoms with Crippen LogP contribution in [0.1, 0.15) is 11.6 Å². The fraction of sp³-hybridized carbons (Fsp3) is 0.300. The first-order chi connectivity index (χ1) is 6.75. The van der Waals surface area contributed by atoms with E-state index in [2.05, 4.69) is 21.2 Å². The minimum atomic E-state index is -0.0517. The van der Waals surface area contributed by atoms with E-state index in [9.17, 15) is 4.79 Å². The topological polar surface area (TPSA) is 38.3 Å². The second-order valence-electron chi connectivity index (χ2n) is 3.19. The van der Waals surface area contributed by atoms with Crippen LogP contribution in [0.3, 0.4) is 0 Å². The first-order valence-corrected chi connectivity index (χ1v) is 5.17. The lowest BCUT2D eigenvalue weighted by Gasteiger charge is -2.23. The number of benzene rings is 1. The van der Waals surface area contributed by atoms with Crippen LogP contribution >= 0.6 is 15.9 Å². The molecule has 0 radical (unpaired) electrons. The molecule has 1 aromatic carbocycles. The van der Waals surface area contributed by atoms with E-state index < -0.39 is 0 Å². The molecule has 0 saturated carbocycles. The van der Waals surface area contributed by atoms with Crippen LogP contribution in [0.15, 0.2) is 28.7 Å². The molecule has 1 aromatic rings. The maximum atomic E-state index is 11.1. The van der Waals surface area contributed by atoms with E-state index >= 15 is 0 Å². The number of morpholine rings is 1. The van der Waals surface area contributed by atoms with Gasteiger partial charge in [-0.2, -0.15) is 0 Å². The molecular weight excluding hydrogens is 246 g/mol. The highest BCUT2D eigenvalue weighted by Crippen LogP contribution is 2.18. The van der Waals surface area contributed by atoms with Crippen molar-refractivity contribution in [2.75, 3.05) is 13.2 Å². The summed E-state index contributed by atoms with van der Waals surface area (Å²) in [4.78, 5) is 11.1. The SMILES string of the molecule is O=C1COC[C@H](c2ccc(Br)cc2)N1. The van der Waals surface area contributed by atoms with Crippen LogP contribution in [0.2, 0.25) is 0 Å². The van der Waals surface area contributed by atoms with E-state index in [1.807, 2.05) is 24.3 Å². The Morgan fingerprint density at radius 1 is 1.36 bits per heavy atom. The average molecular weight is 256 g/mol. The Balaban J connectivity index is 2.14. The highest BCUT2D eigenvalue weighted by atomic mass is 79.9.